The maximum atomic E-state index is 12.2. The summed E-state index contributed by atoms with van der Waals surface area (Å²) in [7, 11) is 1.33. The van der Waals surface area contributed by atoms with E-state index in [0.29, 0.717) is 28.6 Å². The second-order valence-corrected chi connectivity index (χ2v) is 6.18. The van der Waals surface area contributed by atoms with E-state index < -0.39 is 17.5 Å². The predicted molar refractivity (Wildman–Crippen MR) is 86.4 cm³/mol. The smallest absolute Gasteiger partial charge is 0.331 e. The number of carbonyl (C=O) groups is 2. The van der Waals surface area contributed by atoms with Gasteiger partial charge in [-0.25, -0.2) is 9.59 Å². The number of ether oxygens (including phenoxy) is 1. The van der Waals surface area contributed by atoms with E-state index in [9.17, 15) is 9.59 Å². The van der Waals surface area contributed by atoms with E-state index in [4.69, 9.17) is 27.9 Å². The molecule has 1 aromatic rings. The highest BCUT2D eigenvalue weighted by molar-refractivity contribution is 6.36. The van der Waals surface area contributed by atoms with Gasteiger partial charge in [-0.3, -0.25) is 0 Å². The average Bonchev–Trinajstić information content (AvgIpc) is 2.50. The number of rotatable bonds is 3. The minimum Gasteiger partial charge on any atom is -0.467 e. The van der Waals surface area contributed by atoms with Crippen LogP contribution in [0.1, 0.15) is 32.1 Å². The number of anilines is 1. The molecule has 22 heavy (non-hydrogen) atoms. The number of nitrogens with one attached hydrogen (secondary N) is 2. The molecule has 1 saturated carbocycles. The van der Waals surface area contributed by atoms with Gasteiger partial charge in [-0.15, -0.1) is 0 Å². The molecule has 120 valence electrons. The van der Waals surface area contributed by atoms with Crippen molar-refractivity contribution in [3.05, 3.63) is 28.2 Å². The Hall–Kier alpha value is -1.46. The molecule has 5 nitrogen and oxygen atoms in total. The Kier molecular flexibility index (Phi) is 5.53. The van der Waals surface area contributed by atoms with Gasteiger partial charge in [0.15, 0.2) is 0 Å². The number of carbonyl (C=O) groups excluding carboxylic acids is 2. The van der Waals surface area contributed by atoms with E-state index in [1.54, 1.807) is 12.1 Å². The topological polar surface area (TPSA) is 67.4 Å². The van der Waals surface area contributed by atoms with Crippen LogP contribution in [0.5, 0.6) is 0 Å². The van der Waals surface area contributed by atoms with Crippen LogP contribution in [0.3, 0.4) is 0 Å². The van der Waals surface area contributed by atoms with Crippen molar-refractivity contribution in [1.82, 2.24) is 5.32 Å². The molecule has 2 N–H and O–H groups in total. The third-order valence-corrected chi connectivity index (χ3v) is 4.36. The van der Waals surface area contributed by atoms with Crippen molar-refractivity contribution in [2.75, 3.05) is 12.4 Å². The molecule has 0 unspecified atom stereocenters. The Morgan fingerprint density at radius 2 is 1.86 bits per heavy atom. The standard InChI is InChI=1S/C15H18Cl2N2O3/c1-22-13(20)15(7-3-2-4-8-15)19-14(21)18-12-6-5-10(16)9-11(12)17/h5-6,9H,2-4,7-8H2,1H3,(H2,18,19,21). The third kappa shape index (κ3) is 3.84. The SMILES string of the molecule is COC(=O)C1(NC(=O)Nc2ccc(Cl)cc2Cl)CCCCC1. The summed E-state index contributed by atoms with van der Waals surface area (Å²) in [5.41, 5.74) is -0.532. The van der Waals surface area contributed by atoms with Crippen LogP contribution in [-0.2, 0) is 9.53 Å². The molecule has 1 aliphatic carbocycles. The Labute approximate surface area is 139 Å². The zero-order chi connectivity index (χ0) is 16.2. The minimum atomic E-state index is -0.962. The molecule has 0 bridgehead atoms. The molecular formula is C15H18Cl2N2O3. The summed E-state index contributed by atoms with van der Waals surface area (Å²) in [6.07, 6.45) is 3.93. The van der Waals surface area contributed by atoms with E-state index in [-0.39, 0.29) is 0 Å². The monoisotopic (exact) mass is 344 g/mol. The van der Waals surface area contributed by atoms with Gasteiger partial charge in [0.05, 0.1) is 17.8 Å². The van der Waals surface area contributed by atoms with Crippen LogP contribution in [-0.4, -0.2) is 24.6 Å². The van der Waals surface area contributed by atoms with Crippen molar-refractivity contribution in [3.63, 3.8) is 0 Å². The average molecular weight is 345 g/mol. The summed E-state index contributed by atoms with van der Waals surface area (Å²) < 4.78 is 4.86. The van der Waals surface area contributed by atoms with Crippen LogP contribution in [0.15, 0.2) is 18.2 Å². The fourth-order valence-electron chi connectivity index (χ4n) is 2.69. The lowest BCUT2D eigenvalue weighted by Gasteiger charge is -2.35. The van der Waals surface area contributed by atoms with E-state index >= 15 is 0 Å². The first-order valence-corrected chi connectivity index (χ1v) is 7.85. The Bertz CT molecular complexity index is 572. The molecule has 0 aromatic heterocycles. The highest BCUT2D eigenvalue weighted by Gasteiger charge is 2.42. The molecule has 1 aliphatic rings. The normalized spacial score (nSPS) is 16.7. The summed E-state index contributed by atoms with van der Waals surface area (Å²) in [6.45, 7) is 0. The quantitative estimate of drug-likeness (QED) is 0.814. The Balaban J connectivity index is 2.09. The zero-order valence-electron chi connectivity index (χ0n) is 12.2. The van der Waals surface area contributed by atoms with E-state index in [2.05, 4.69) is 10.6 Å². The van der Waals surface area contributed by atoms with Crippen molar-refractivity contribution in [2.24, 2.45) is 0 Å². The number of hydrogen-bond acceptors (Lipinski definition) is 3. The largest absolute Gasteiger partial charge is 0.467 e. The van der Waals surface area contributed by atoms with Gasteiger partial charge in [-0.2, -0.15) is 0 Å². The summed E-state index contributed by atoms with van der Waals surface area (Å²) >= 11 is 11.8. The number of esters is 1. The number of methoxy groups -OCH3 is 1. The van der Waals surface area contributed by atoms with Crippen LogP contribution < -0.4 is 10.6 Å². The van der Waals surface area contributed by atoms with Gasteiger partial charge in [0.1, 0.15) is 5.54 Å². The van der Waals surface area contributed by atoms with Crippen molar-refractivity contribution >= 4 is 40.9 Å². The van der Waals surface area contributed by atoms with Gasteiger partial charge in [-0.05, 0) is 31.0 Å². The molecule has 0 heterocycles. The van der Waals surface area contributed by atoms with Gasteiger partial charge in [0.25, 0.3) is 0 Å². The Morgan fingerprint density at radius 3 is 2.45 bits per heavy atom. The number of hydrogen-bond donors (Lipinski definition) is 2. The van der Waals surface area contributed by atoms with Gasteiger partial charge in [-0.1, -0.05) is 42.5 Å². The van der Waals surface area contributed by atoms with Crippen molar-refractivity contribution < 1.29 is 14.3 Å². The summed E-state index contributed by atoms with van der Waals surface area (Å²) in [6, 6.07) is 4.28. The van der Waals surface area contributed by atoms with Crippen LogP contribution >= 0.6 is 23.2 Å². The second-order valence-electron chi connectivity index (χ2n) is 5.34. The molecule has 7 heteroatoms. The lowest BCUT2D eigenvalue weighted by atomic mass is 9.82. The summed E-state index contributed by atoms with van der Waals surface area (Å²) in [4.78, 5) is 24.3. The second kappa shape index (κ2) is 7.20. The molecule has 0 saturated heterocycles. The van der Waals surface area contributed by atoms with Gasteiger partial charge in [0, 0.05) is 5.02 Å². The van der Waals surface area contributed by atoms with Crippen molar-refractivity contribution in [1.29, 1.82) is 0 Å². The van der Waals surface area contributed by atoms with Crippen LogP contribution in [0.25, 0.3) is 0 Å². The Morgan fingerprint density at radius 1 is 1.18 bits per heavy atom. The third-order valence-electron chi connectivity index (χ3n) is 3.82. The van der Waals surface area contributed by atoms with Crippen LogP contribution in [0, 0.1) is 0 Å². The highest BCUT2D eigenvalue weighted by atomic mass is 35.5. The molecular weight excluding hydrogens is 327 g/mol. The first-order chi connectivity index (χ1) is 10.5. The fraction of sp³-hybridized carbons (Fsp3) is 0.467. The van der Waals surface area contributed by atoms with Crippen molar-refractivity contribution in [2.45, 2.75) is 37.6 Å². The number of urea groups is 1. The number of benzene rings is 1. The maximum Gasteiger partial charge on any atom is 0.331 e. The zero-order valence-corrected chi connectivity index (χ0v) is 13.8. The molecule has 1 fully saturated rings. The molecule has 0 spiro atoms. The summed E-state index contributed by atoms with van der Waals surface area (Å²) in [5, 5.41) is 6.21. The van der Waals surface area contributed by atoms with Crippen LogP contribution in [0.4, 0.5) is 10.5 Å². The summed E-state index contributed by atoms with van der Waals surface area (Å²) in [5.74, 6) is -0.412. The lowest BCUT2D eigenvalue weighted by Crippen LogP contribution is -2.57. The minimum absolute atomic E-state index is 0.332. The first kappa shape index (κ1) is 16.9. The molecule has 1 aromatic carbocycles. The lowest BCUT2D eigenvalue weighted by molar-refractivity contribution is -0.149. The van der Waals surface area contributed by atoms with Gasteiger partial charge < -0.3 is 15.4 Å². The highest BCUT2D eigenvalue weighted by Crippen LogP contribution is 2.30. The van der Waals surface area contributed by atoms with Crippen LogP contribution in [0.2, 0.25) is 10.0 Å². The predicted octanol–water partition coefficient (Wildman–Crippen LogP) is 3.99. The molecule has 0 radical (unpaired) electrons. The first-order valence-electron chi connectivity index (χ1n) is 7.09. The van der Waals surface area contributed by atoms with E-state index in [1.165, 1.54) is 13.2 Å². The van der Waals surface area contributed by atoms with E-state index in [1.807, 2.05) is 0 Å². The molecule has 2 amide bonds. The van der Waals surface area contributed by atoms with Crippen molar-refractivity contribution in [3.8, 4) is 0 Å². The number of halogens is 2. The fourth-order valence-corrected chi connectivity index (χ4v) is 3.15. The van der Waals surface area contributed by atoms with E-state index in [0.717, 1.165) is 19.3 Å². The maximum absolute atomic E-state index is 12.2. The number of amides is 2. The molecule has 0 atom stereocenters. The molecule has 0 aliphatic heterocycles. The van der Waals surface area contributed by atoms with Gasteiger partial charge >= 0.3 is 12.0 Å². The van der Waals surface area contributed by atoms with Gasteiger partial charge in [0.2, 0.25) is 0 Å². The molecule has 2 rings (SSSR count).